The number of aryl methyl sites for hydroxylation is 1. The van der Waals surface area contributed by atoms with Crippen LogP contribution < -0.4 is 14.2 Å². The maximum absolute atomic E-state index is 13.0. The number of Topliss-reactive ketones (excluding diaryl/α,β-unsaturated/α-hetero) is 1. The number of piperazine rings is 1. The number of phenols is 1. The average Bonchev–Trinajstić information content (AvgIpc) is 3.46. The second kappa shape index (κ2) is 9.33. The number of hydrogen-bond donors (Lipinski definition) is 1. The van der Waals surface area contributed by atoms with Gasteiger partial charge in [-0.05, 0) is 48.4 Å². The van der Waals surface area contributed by atoms with Gasteiger partial charge in [0.25, 0.3) is 0 Å². The van der Waals surface area contributed by atoms with E-state index in [1.807, 2.05) is 37.3 Å². The molecule has 7 heteroatoms. The zero-order valence-electron chi connectivity index (χ0n) is 20.2. The highest BCUT2D eigenvalue weighted by molar-refractivity contribution is 6.15. The highest BCUT2D eigenvalue weighted by Crippen LogP contribution is 2.40. The van der Waals surface area contributed by atoms with E-state index in [2.05, 4.69) is 21.9 Å². The van der Waals surface area contributed by atoms with Gasteiger partial charge in [-0.25, -0.2) is 0 Å². The van der Waals surface area contributed by atoms with E-state index < -0.39 is 0 Å². The fraction of sp³-hybridized carbons (Fsp3) is 0.276. The Morgan fingerprint density at radius 2 is 1.69 bits per heavy atom. The first-order valence-corrected chi connectivity index (χ1v) is 12.2. The molecule has 3 aliphatic rings. The highest BCUT2D eigenvalue weighted by atomic mass is 16.7. The zero-order valence-corrected chi connectivity index (χ0v) is 20.2. The number of benzene rings is 3. The highest BCUT2D eigenvalue weighted by Gasteiger charge is 2.32. The Bertz CT molecular complexity index is 1360. The Morgan fingerprint density at radius 1 is 0.917 bits per heavy atom. The van der Waals surface area contributed by atoms with Gasteiger partial charge in [0.05, 0.1) is 11.1 Å². The van der Waals surface area contributed by atoms with Crippen LogP contribution in [-0.2, 0) is 13.1 Å². The summed E-state index contributed by atoms with van der Waals surface area (Å²) in [5.41, 5.74) is 4.39. The Labute approximate surface area is 210 Å². The first-order valence-electron chi connectivity index (χ1n) is 12.2. The van der Waals surface area contributed by atoms with E-state index in [9.17, 15) is 9.90 Å². The molecule has 3 heterocycles. The van der Waals surface area contributed by atoms with Crippen molar-refractivity contribution in [3.63, 3.8) is 0 Å². The van der Waals surface area contributed by atoms with Crippen LogP contribution in [0, 0.1) is 6.92 Å². The number of carbonyl (C=O) groups excluding carboxylic acids is 1. The number of phenolic OH excluding ortho intramolecular Hbond substituents is 1. The molecule has 36 heavy (non-hydrogen) atoms. The van der Waals surface area contributed by atoms with Gasteiger partial charge < -0.3 is 19.3 Å². The summed E-state index contributed by atoms with van der Waals surface area (Å²) in [6.07, 6.45) is 1.77. The summed E-state index contributed by atoms with van der Waals surface area (Å²) >= 11 is 0. The minimum atomic E-state index is -0.152. The summed E-state index contributed by atoms with van der Waals surface area (Å²) in [5.74, 6) is 2.38. The van der Waals surface area contributed by atoms with Gasteiger partial charge >= 0.3 is 0 Å². The molecule has 0 atom stereocenters. The van der Waals surface area contributed by atoms with Crippen molar-refractivity contribution < 1.29 is 24.1 Å². The standard InChI is InChI=1S/C29H28N2O5/c1-19-3-2-4-20(13-19)14-27-28(33)22-6-7-24(32)23(29(22)36-27)17-31-11-9-30(10-12-31)16-21-5-8-25-26(15-21)35-18-34-25/h2-8,13-15,32H,9-12,16-18H2,1H3/b27-14-. The Balaban J connectivity index is 1.13. The van der Waals surface area contributed by atoms with Gasteiger partial charge in [0.1, 0.15) is 11.5 Å². The van der Waals surface area contributed by atoms with Gasteiger partial charge in [0, 0.05) is 39.3 Å². The summed E-state index contributed by atoms with van der Waals surface area (Å²) in [5, 5.41) is 10.7. The molecule has 6 rings (SSSR count). The number of rotatable bonds is 5. The predicted octanol–water partition coefficient (Wildman–Crippen LogP) is 4.36. The number of ketones is 1. The fourth-order valence-corrected chi connectivity index (χ4v) is 4.99. The second-order valence-electron chi connectivity index (χ2n) is 9.53. The molecule has 0 unspecified atom stereocenters. The van der Waals surface area contributed by atoms with Crippen molar-refractivity contribution in [1.29, 1.82) is 0 Å². The molecule has 3 aliphatic heterocycles. The molecular formula is C29H28N2O5. The van der Waals surface area contributed by atoms with Crippen LogP contribution in [0.5, 0.6) is 23.0 Å². The Morgan fingerprint density at radius 3 is 2.50 bits per heavy atom. The summed E-state index contributed by atoms with van der Waals surface area (Å²) in [7, 11) is 0. The van der Waals surface area contributed by atoms with E-state index in [1.54, 1.807) is 18.2 Å². The maximum Gasteiger partial charge on any atom is 0.231 e. The second-order valence-corrected chi connectivity index (χ2v) is 9.53. The number of nitrogens with zero attached hydrogens (tertiary/aromatic N) is 2. The van der Waals surface area contributed by atoms with Crippen LogP contribution in [0.1, 0.15) is 32.6 Å². The topological polar surface area (TPSA) is 71.5 Å². The average molecular weight is 485 g/mol. The molecule has 1 fully saturated rings. The van der Waals surface area contributed by atoms with E-state index in [0.717, 1.165) is 55.3 Å². The minimum Gasteiger partial charge on any atom is -0.507 e. The summed E-state index contributed by atoms with van der Waals surface area (Å²) in [6.45, 7) is 7.19. The molecule has 0 bridgehead atoms. The summed E-state index contributed by atoms with van der Waals surface area (Å²) < 4.78 is 17.0. The van der Waals surface area contributed by atoms with Crippen LogP contribution in [0.25, 0.3) is 6.08 Å². The van der Waals surface area contributed by atoms with Gasteiger partial charge in [0.15, 0.2) is 17.3 Å². The number of aromatic hydroxyl groups is 1. The molecule has 1 N–H and O–H groups in total. The van der Waals surface area contributed by atoms with Crippen LogP contribution >= 0.6 is 0 Å². The van der Waals surface area contributed by atoms with E-state index in [4.69, 9.17) is 14.2 Å². The van der Waals surface area contributed by atoms with Crippen molar-refractivity contribution in [3.8, 4) is 23.0 Å². The van der Waals surface area contributed by atoms with E-state index in [1.165, 1.54) is 5.56 Å². The van der Waals surface area contributed by atoms with Crippen LogP contribution in [0.4, 0.5) is 0 Å². The molecule has 3 aromatic rings. The van der Waals surface area contributed by atoms with Crippen molar-refractivity contribution in [2.24, 2.45) is 0 Å². The monoisotopic (exact) mass is 484 g/mol. The van der Waals surface area contributed by atoms with Crippen LogP contribution in [0.15, 0.2) is 60.4 Å². The first-order chi connectivity index (χ1) is 17.5. The largest absolute Gasteiger partial charge is 0.507 e. The zero-order chi connectivity index (χ0) is 24.6. The first kappa shape index (κ1) is 22.6. The lowest BCUT2D eigenvalue weighted by Gasteiger charge is -2.35. The third kappa shape index (κ3) is 4.43. The summed E-state index contributed by atoms with van der Waals surface area (Å²) in [6, 6.07) is 17.3. The van der Waals surface area contributed by atoms with Crippen molar-refractivity contribution in [2.75, 3.05) is 33.0 Å². The van der Waals surface area contributed by atoms with Crippen LogP contribution in [0.2, 0.25) is 0 Å². The quantitative estimate of drug-likeness (QED) is 0.540. The fourth-order valence-electron chi connectivity index (χ4n) is 4.99. The number of fused-ring (bicyclic) bond motifs is 2. The smallest absolute Gasteiger partial charge is 0.231 e. The lowest BCUT2D eigenvalue weighted by Crippen LogP contribution is -2.45. The molecule has 0 aliphatic carbocycles. The van der Waals surface area contributed by atoms with Crippen molar-refractivity contribution in [2.45, 2.75) is 20.0 Å². The van der Waals surface area contributed by atoms with Gasteiger partial charge in [-0.3, -0.25) is 14.6 Å². The maximum atomic E-state index is 13.0. The number of allylic oxidation sites excluding steroid dienone is 1. The number of hydrogen-bond acceptors (Lipinski definition) is 7. The molecular weight excluding hydrogens is 456 g/mol. The molecule has 0 radical (unpaired) electrons. The Hall–Kier alpha value is -3.81. The molecule has 184 valence electrons. The van der Waals surface area contributed by atoms with Crippen molar-refractivity contribution in [3.05, 3.63) is 88.2 Å². The van der Waals surface area contributed by atoms with Crippen molar-refractivity contribution in [1.82, 2.24) is 9.80 Å². The molecule has 1 saturated heterocycles. The van der Waals surface area contributed by atoms with Crippen molar-refractivity contribution >= 4 is 11.9 Å². The molecule has 0 spiro atoms. The lowest BCUT2D eigenvalue weighted by atomic mass is 10.0. The van der Waals surface area contributed by atoms with Crippen LogP contribution in [-0.4, -0.2) is 53.7 Å². The third-order valence-corrected chi connectivity index (χ3v) is 6.95. The van der Waals surface area contributed by atoms with Crippen LogP contribution in [0.3, 0.4) is 0 Å². The summed E-state index contributed by atoms with van der Waals surface area (Å²) in [4.78, 5) is 17.7. The third-order valence-electron chi connectivity index (χ3n) is 6.95. The van der Waals surface area contributed by atoms with Gasteiger partial charge in [-0.15, -0.1) is 0 Å². The van der Waals surface area contributed by atoms with Gasteiger partial charge in [-0.1, -0.05) is 35.9 Å². The number of carbonyl (C=O) groups is 1. The predicted molar refractivity (Wildman–Crippen MR) is 135 cm³/mol. The minimum absolute atomic E-state index is 0.152. The SMILES string of the molecule is Cc1cccc(/C=C2\Oc3c(ccc(O)c3CN3CCN(Cc4ccc5c(c4)OCO5)CC3)C2=O)c1. The van der Waals surface area contributed by atoms with Gasteiger partial charge in [0.2, 0.25) is 12.6 Å². The molecule has 0 saturated carbocycles. The van der Waals surface area contributed by atoms with E-state index in [-0.39, 0.29) is 24.1 Å². The molecule has 0 aromatic heterocycles. The number of ether oxygens (including phenoxy) is 3. The molecule has 0 amide bonds. The van der Waals surface area contributed by atoms with E-state index in [0.29, 0.717) is 23.4 Å². The lowest BCUT2D eigenvalue weighted by molar-refractivity contribution is 0.101. The molecule has 3 aromatic carbocycles. The van der Waals surface area contributed by atoms with E-state index >= 15 is 0 Å². The normalized spacial score (nSPS) is 18.5. The molecule has 7 nitrogen and oxygen atoms in total. The van der Waals surface area contributed by atoms with Gasteiger partial charge in [-0.2, -0.15) is 0 Å². The Kier molecular flexibility index (Phi) is 5.87.